The van der Waals surface area contributed by atoms with Crippen LogP contribution >= 0.6 is 0 Å². The summed E-state index contributed by atoms with van der Waals surface area (Å²) >= 11 is 0. The summed E-state index contributed by atoms with van der Waals surface area (Å²) in [5.74, 6) is -0.132. The molecular weight excluding hydrogens is 276 g/mol. The van der Waals surface area contributed by atoms with Gasteiger partial charge in [-0.1, -0.05) is 6.92 Å². The maximum absolute atomic E-state index is 9.79. The van der Waals surface area contributed by atoms with Gasteiger partial charge in [-0.15, -0.1) is 0 Å². The molecule has 9 nitrogen and oxygen atoms in total. The first-order valence-electron chi connectivity index (χ1n) is 4.14. The topological polar surface area (TPSA) is 158 Å². The van der Waals surface area contributed by atoms with Crippen molar-refractivity contribution in [2.75, 3.05) is 5.75 Å². The zero-order chi connectivity index (χ0) is 13.9. The Morgan fingerprint density at radius 2 is 1.65 bits per heavy atom. The van der Waals surface area contributed by atoms with E-state index in [9.17, 15) is 8.42 Å². The molecule has 4 N–H and O–H groups in total. The number of nitrogens with one attached hydrogen (secondary N) is 1. The molecule has 0 aliphatic heterocycles. The van der Waals surface area contributed by atoms with Crippen LogP contribution < -0.4 is 0 Å². The highest BCUT2D eigenvalue weighted by atomic mass is 32.3. The number of nitrogens with zero attached hydrogens (tertiary/aromatic N) is 1. The zero-order valence-corrected chi connectivity index (χ0v) is 10.5. The summed E-state index contributed by atoms with van der Waals surface area (Å²) in [5.41, 5.74) is 0. The maximum Gasteiger partial charge on any atom is 0.394 e. The molecule has 1 aromatic heterocycles. The van der Waals surface area contributed by atoms with Gasteiger partial charge in [0.1, 0.15) is 0 Å². The summed E-state index contributed by atoms with van der Waals surface area (Å²) in [6, 6.07) is 0. The molecule has 0 saturated carbocycles. The van der Waals surface area contributed by atoms with E-state index >= 15 is 0 Å². The molecule has 0 aromatic carbocycles. The van der Waals surface area contributed by atoms with Gasteiger partial charge in [-0.05, 0) is 6.42 Å². The Labute approximate surface area is 99.2 Å². The van der Waals surface area contributed by atoms with Crippen LogP contribution in [0.3, 0.4) is 0 Å². The fourth-order valence-electron chi connectivity index (χ4n) is 0.473. The molecule has 0 aliphatic carbocycles. The minimum atomic E-state index is -4.67. The third-order valence-electron chi connectivity index (χ3n) is 0.868. The zero-order valence-electron chi connectivity index (χ0n) is 8.88. The number of aromatic amines is 1. The first kappa shape index (κ1) is 18.4. The predicted molar refractivity (Wildman–Crippen MR) is 59.5 cm³/mol. The minimum Gasteiger partial charge on any atom is -0.351 e. The van der Waals surface area contributed by atoms with Gasteiger partial charge in [0, 0.05) is 12.4 Å². The fourth-order valence-corrected chi connectivity index (χ4v) is 0.989. The molecule has 0 fully saturated rings. The highest BCUT2D eigenvalue weighted by molar-refractivity contribution is 7.85. The Balaban J connectivity index is 0. The highest BCUT2D eigenvalue weighted by Gasteiger charge is 1.98. The summed E-state index contributed by atoms with van der Waals surface area (Å²) in [5, 5.41) is 0. The first-order chi connectivity index (χ1) is 7.56. The quantitative estimate of drug-likeness (QED) is 0.556. The SMILES string of the molecule is CCCS(=O)(=O)O.O=S(=O)(O)O.c1c[nH]cn1. The summed E-state index contributed by atoms with van der Waals surface area (Å²) in [7, 11) is -8.34. The second-order valence-electron chi connectivity index (χ2n) is 2.49. The fraction of sp³-hybridized carbons (Fsp3) is 0.500. The van der Waals surface area contributed by atoms with Gasteiger partial charge in [0.2, 0.25) is 0 Å². The lowest BCUT2D eigenvalue weighted by Crippen LogP contribution is -2.01. The van der Waals surface area contributed by atoms with Crippen molar-refractivity contribution in [3.05, 3.63) is 18.7 Å². The molecule has 1 rings (SSSR count). The van der Waals surface area contributed by atoms with Crippen molar-refractivity contribution in [1.82, 2.24) is 9.97 Å². The summed E-state index contributed by atoms with van der Waals surface area (Å²) in [4.78, 5) is 6.42. The van der Waals surface area contributed by atoms with Crippen LogP contribution in [0.4, 0.5) is 0 Å². The van der Waals surface area contributed by atoms with E-state index in [1.54, 1.807) is 25.6 Å². The number of aromatic nitrogens is 2. The summed E-state index contributed by atoms with van der Waals surface area (Å²) in [6.07, 6.45) is 5.55. The van der Waals surface area contributed by atoms with Crippen molar-refractivity contribution in [3.63, 3.8) is 0 Å². The van der Waals surface area contributed by atoms with E-state index in [4.69, 9.17) is 22.1 Å². The van der Waals surface area contributed by atoms with Crippen molar-refractivity contribution in [1.29, 1.82) is 0 Å². The molecule has 0 atom stereocenters. The average molecular weight is 290 g/mol. The van der Waals surface area contributed by atoms with Gasteiger partial charge in [-0.3, -0.25) is 13.7 Å². The van der Waals surface area contributed by atoms with E-state index in [0.717, 1.165) is 0 Å². The van der Waals surface area contributed by atoms with Crippen molar-refractivity contribution >= 4 is 20.5 Å². The van der Waals surface area contributed by atoms with Gasteiger partial charge in [-0.2, -0.15) is 16.8 Å². The number of imidazole rings is 1. The first-order valence-corrected chi connectivity index (χ1v) is 7.14. The van der Waals surface area contributed by atoms with Crippen LogP contribution in [0, 0.1) is 0 Å². The van der Waals surface area contributed by atoms with Crippen LogP contribution in [0.5, 0.6) is 0 Å². The second-order valence-corrected chi connectivity index (χ2v) is 4.96. The van der Waals surface area contributed by atoms with Gasteiger partial charge in [-0.25, -0.2) is 4.98 Å². The Morgan fingerprint density at radius 3 is 1.71 bits per heavy atom. The Hall–Kier alpha value is -1.01. The molecule has 11 heteroatoms. The minimum absolute atomic E-state index is 0.132. The Morgan fingerprint density at radius 1 is 1.18 bits per heavy atom. The molecule has 0 spiro atoms. The Kier molecular flexibility index (Phi) is 9.79. The van der Waals surface area contributed by atoms with E-state index in [1.165, 1.54) is 0 Å². The van der Waals surface area contributed by atoms with Gasteiger partial charge in [0.25, 0.3) is 10.1 Å². The highest BCUT2D eigenvalue weighted by Crippen LogP contribution is 1.83. The molecule has 0 unspecified atom stereocenters. The molecule has 1 aromatic rings. The molecule has 0 saturated heterocycles. The molecule has 0 amide bonds. The van der Waals surface area contributed by atoms with E-state index < -0.39 is 20.5 Å². The molecule has 0 aliphatic rings. The van der Waals surface area contributed by atoms with Crippen LogP contribution in [-0.4, -0.2) is 46.2 Å². The van der Waals surface area contributed by atoms with E-state index in [-0.39, 0.29) is 5.75 Å². The number of hydrogen-bond acceptors (Lipinski definition) is 5. The second kappa shape index (κ2) is 9.07. The lowest BCUT2D eigenvalue weighted by molar-refractivity contribution is 0.381. The van der Waals surface area contributed by atoms with Crippen LogP contribution in [-0.2, 0) is 20.5 Å². The van der Waals surface area contributed by atoms with Gasteiger partial charge < -0.3 is 4.98 Å². The molecule has 17 heavy (non-hydrogen) atoms. The summed E-state index contributed by atoms with van der Waals surface area (Å²) < 4.78 is 59.1. The van der Waals surface area contributed by atoms with Gasteiger partial charge >= 0.3 is 10.4 Å². The van der Waals surface area contributed by atoms with Crippen LogP contribution in [0.2, 0.25) is 0 Å². The number of rotatable bonds is 2. The number of H-pyrrole nitrogens is 1. The van der Waals surface area contributed by atoms with Gasteiger partial charge in [0.15, 0.2) is 0 Å². The standard InChI is InChI=1S/C3H4N2.C3H8O3S.H2O4S/c1-2-5-3-4-1;1-2-3-7(4,5)6;1-5(2,3)4/h1-3H,(H,4,5);2-3H2,1H3,(H,4,5,6);(H2,1,2,3,4). The van der Waals surface area contributed by atoms with Crippen molar-refractivity contribution in [2.24, 2.45) is 0 Å². The molecule has 0 bridgehead atoms. The molecule has 0 radical (unpaired) electrons. The third-order valence-corrected chi connectivity index (χ3v) is 1.79. The van der Waals surface area contributed by atoms with Crippen molar-refractivity contribution in [2.45, 2.75) is 13.3 Å². The van der Waals surface area contributed by atoms with Crippen LogP contribution in [0.25, 0.3) is 0 Å². The monoisotopic (exact) mass is 290 g/mol. The summed E-state index contributed by atoms with van der Waals surface area (Å²) in [6.45, 7) is 1.69. The Bertz CT molecular complexity index is 425. The predicted octanol–water partition coefficient (Wildman–Crippen LogP) is 0.0411. The smallest absolute Gasteiger partial charge is 0.351 e. The normalized spacial score (nSPS) is 10.6. The third kappa shape index (κ3) is 39.6. The van der Waals surface area contributed by atoms with Crippen LogP contribution in [0.15, 0.2) is 18.7 Å². The van der Waals surface area contributed by atoms with Gasteiger partial charge in [0.05, 0.1) is 12.1 Å². The lowest BCUT2D eigenvalue weighted by atomic mass is 10.6. The van der Waals surface area contributed by atoms with Crippen molar-refractivity contribution < 1.29 is 30.5 Å². The molecular formula is C6H14N2O7S2. The maximum atomic E-state index is 9.79. The molecule has 1 heterocycles. The average Bonchev–Trinajstić information content (AvgIpc) is 2.53. The lowest BCUT2D eigenvalue weighted by Gasteiger charge is -1.85. The largest absolute Gasteiger partial charge is 0.394 e. The van der Waals surface area contributed by atoms with E-state index in [1.807, 2.05) is 0 Å². The number of hydrogen-bond donors (Lipinski definition) is 4. The van der Waals surface area contributed by atoms with E-state index in [2.05, 4.69) is 9.97 Å². The van der Waals surface area contributed by atoms with Crippen molar-refractivity contribution in [3.8, 4) is 0 Å². The molecule has 102 valence electrons. The van der Waals surface area contributed by atoms with Crippen LogP contribution in [0.1, 0.15) is 13.3 Å². The van der Waals surface area contributed by atoms with E-state index in [0.29, 0.717) is 6.42 Å².